The molecule has 0 saturated carbocycles. The minimum atomic E-state index is -0.0670. The Morgan fingerprint density at radius 3 is 2.70 bits per heavy atom. The number of hydrogen-bond acceptors (Lipinski definition) is 5. The molecule has 0 aromatic carbocycles. The number of nitrogens with zero attached hydrogens (tertiary/aromatic N) is 1. The Morgan fingerprint density at radius 1 is 1.17 bits per heavy atom. The van der Waals surface area contributed by atoms with Crippen molar-refractivity contribution in [3.05, 3.63) is 22.4 Å². The highest BCUT2D eigenvalue weighted by Gasteiger charge is 2.09. The molecule has 1 aliphatic heterocycles. The highest BCUT2D eigenvalue weighted by molar-refractivity contribution is 7.08. The van der Waals surface area contributed by atoms with E-state index >= 15 is 0 Å². The van der Waals surface area contributed by atoms with E-state index in [0.717, 1.165) is 45.7 Å². The molecule has 1 aromatic rings. The van der Waals surface area contributed by atoms with Crippen LogP contribution < -0.4 is 16.0 Å². The lowest BCUT2D eigenvalue weighted by Crippen LogP contribution is -2.44. The Bertz CT molecular complexity index is 472. The van der Waals surface area contributed by atoms with Crippen LogP contribution in [0.2, 0.25) is 0 Å². The van der Waals surface area contributed by atoms with Crippen LogP contribution in [0.3, 0.4) is 0 Å². The predicted molar refractivity (Wildman–Crippen MR) is 92.8 cm³/mol. The van der Waals surface area contributed by atoms with E-state index in [1.807, 2.05) is 10.8 Å². The molecule has 2 amide bonds. The molecule has 0 atom stereocenters. The molecule has 3 N–H and O–H groups in total. The van der Waals surface area contributed by atoms with E-state index in [1.165, 1.54) is 11.3 Å². The number of thiophene rings is 1. The molecular formula is C16H26N4O2S. The van der Waals surface area contributed by atoms with Crippen molar-refractivity contribution < 1.29 is 9.59 Å². The number of hydrogen-bond donors (Lipinski definition) is 3. The van der Waals surface area contributed by atoms with Crippen molar-refractivity contribution in [1.29, 1.82) is 0 Å². The monoisotopic (exact) mass is 338 g/mol. The van der Waals surface area contributed by atoms with Gasteiger partial charge in [-0.2, -0.15) is 11.3 Å². The van der Waals surface area contributed by atoms with Crippen molar-refractivity contribution in [3.63, 3.8) is 0 Å². The van der Waals surface area contributed by atoms with Crippen LogP contribution in [0.1, 0.15) is 29.6 Å². The van der Waals surface area contributed by atoms with Gasteiger partial charge in [0.05, 0.1) is 0 Å². The summed E-state index contributed by atoms with van der Waals surface area (Å²) in [6.07, 6.45) is 2.11. The molecule has 1 aromatic heterocycles. The standard InChI is InChI=1S/C16H26N4O2S/c21-15(18-6-2-9-20-10-7-17-8-11-20)3-1-5-19-16(22)14-4-12-23-13-14/h4,12-13,17H,1-3,5-11H2,(H,18,21)(H,19,22). The Kier molecular flexibility index (Phi) is 8.06. The zero-order chi connectivity index (χ0) is 16.3. The van der Waals surface area contributed by atoms with Crippen molar-refractivity contribution in [2.75, 3.05) is 45.8 Å². The molecule has 6 nitrogen and oxygen atoms in total. The van der Waals surface area contributed by atoms with E-state index in [0.29, 0.717) is 24.9 Å². The summed E-state index contributed by atoms with van der Waals surface area (Å²) >= 11 is 1.50. The van der Waals surface area contributed by atoms with Crippen molar-refractivity contribution in [3.8, 4) is 0 Å². The molecule has 2 heterocycles. The van der Waals surface area contributed by atoms with E-state index in [1.54, 1.807) is 6.07 Å². The number of piperazine rings is 1. The smallest absolute Gasteiger partial charge is 0.252 e. The first-order valence-electron chi connectivity index (χ1n) is 8.26. The van der Waals surface area contributed by atoms with Crippen molar-refractivity contribution >= 4 is 23.2 Å². The summed E-state index contributed by atoms with van der Waals surface area (Å²) in [5.41, 5.74) is 0.687. The fourth-order valence-corrected chi connectivity index (χ4v) is 3.14. The van der Waals surface area contributed by atoms with E-state index in [9.17, 15) is 9.59 Å². The number of carbonyl (C=O) groups excluding carboxylic acids is 2. The lowest BCUT2D eigenvalue weighted by atomic mass is 10.2. The largest absolute Gasteiger partial charge is 0.356 e. The quantitative estimate of drug-likeness (QED) is 0.579. The zero-order valence-corrected chi connectivity index (χ0v) is 14.3. The molecule has 1 fully saturated rings. The van der Waals surface area contributed by atoms with Gasteiger partial charge in [-0.3, -0.25) is 9.59 Å². The van der Waals surface area contributed by atoms with Gasteiger partial charge < -0.3 is 20.9 Å². The molecule has 0 aliphatic carbocycles. The lowest BCUT2D eigenvalue weighted by molar-refractivity contribution is -0.121. The fourth-order valence-electron chi connectivity index (χ4n) is 2.50. The summed E-state index contributed by atoms with van der Waals surface area (Å²) in [5, 5.41) is 12.8. The Morgan fingerprint density at radius 2 is 1.96 bits per heavy atom. The number of rotatable bonds is 9. The Labute approximate surface area is 141 Å². The maximum atomic E-state index is 11.7. The minimum absolute atomic E-state index is 0.0649. The molecule has 2 rings (SSSR count). The van der Waals surface area contributed by atoms with Crippen molar-refractivity contribution in [2.24, 2.45) is 0 Å². The second-order valence-electron chi connectivity index (χ2n) is 5.67. The highest BCUT2D eigenvalue weighted by Crippen LogP contribution is 2.05. The third-order valence-corrected chi connectivity index (χ3v) is 4.52. The summed E-state index contributed by atoms with van der Waals surface area (Å²) in [6.45, 7) is 6.61. The molecular weight excluding hydrogens is 312 g/mol. The zero-order valence-electron chi connectivity index (χ0n) is 13.5. The van der Waals surface area contributed by atoms with Crippen LogP contribution in [0.4, 0.5) is 0 Å². The van der Waals surface area contributed by atoms with E-state index in [4.69, 9.17) is 0 Å². The van der Waals surface area contributed by atoms with Crippen LogP contribution in [-0.4, -0.2) is 62.5 Å². The molecule has 0 unspecified atom stereocenters. The van der Waals surface area contributed by atoms with Crippen LogP contribution in [0.5, 0.6) is 0 Å². The minimum Gasteiger partial charge on any atom is -0.356 e. The summed E-state index contributed by atoms with van der Waals surface area (Å²) in [7, 11) is 0. The molecule has 0 spiro atoms. The van der Waals surface area contributed by atoms with Crippen LogP contribution >= 0.6 is 11.3 Å². The van der Waals surface area contributed by atoms with Gasteiger partial charge in [0.1, 0.15) is 0 Å². The topological polar surface area (TPSA) is 73.5 Å². The molecule has 7 heteroatoms. The van der Waals surface area contributed by atoms with E-state index in [-0.39, 0.29) is 11.8 Å². The number of nitrogens with one attached hydrogen (secondary N) is 3. The van der Waals surface area contributed by atoms with Gasteiger partial charge in [0.25, 0.3) is 5.91 Å². The SMILES string of the molecule is O=C(CCCNC(=O)c1ccsc1)NCCCN1CCNCC1. The highest BCUT2D eigenvalue weighted by atomic mass is 32.1. The molecule has 1 saturated heterocycles. The summed E-state index contributed by atoms with van der Waals surface area (Å²) < 4.78 is 0. The fraction of sp³-hybridized carbons (Fsp3) is 0.625. The van der Waals surface area contributed by atoms with Gasteiger partial charge >= 0.3 is 0 Å². The van der Waals surface area contributed by atoms with Crippen LogP contribution in [0.15, 0.2) is 16.8 Å². The molecule has 1 aliphatic rings. The maximum Gasteiger partial charge on any atom is 0.252 e. The van der Waals surface area contributed by atoms with Gasteiger partial charge in [0.2, 0.25) is 5.91 Å². The molecule has 128 valence electrons. The van der Waals surface area contributed by atoms with Gasteiger partial charge in [0.15, 0.2) is 0 Å². The number of carbonyl (C=O) groups is 2. The second-order valence-corrected chi connectivity index (χ2v) is 6.45. The predicted octanol–water partition coefficient (Wildman–Crippen LogP) is 0.670. The first-order valence-corrected chi connectivity index (χ1v) is 9.20. The Hall–Kier alpha value is -1.44. The average Bonchev–Trinajstić information content (AvgIpc) is 3.11. The number of amides is 2. The van der Waals surface area contributed by atoms with Gasteiger partial charge in [-0.25, -0.2) is 0 Å². The maximum absolute atomic E-state index is 11.7. The summed E-state index contributed by atoms with van der Waals surface area (Å²) in [6, 6.07) is 1.80. The normalized spacial score (nSPS) is 15.3. The first-order chi connectivity index (χ1) is 11.3. The van der Waals surface area contributed by atoms with Crippen molar-refractivity contribution in [1.82, 2.24) is 20.9 Å². The van der Waals surface area contributed by atoms with Crippen LogP contribution in [0, 0.1) is 0 Å². The third-order valence-electron chi connectivity index (χ3n) is 3.83. The summed E-state index contributed by atoms with van der Waals surface area (Å²) in [4.78, 5) is 25.8. The molecule has 0 radical (unpaired) electrons. The second kappa shape index (κ2) is 10.4. The average molecular weight is 338 g/mol. The van der Waals surface area contributed by atoms with E-state index < -0.39 is 0 Å². The lowest BCUT2D eigenvalue weighted by Gasteiger charge is -2.27. The van der Waals surface area contributed by atoms with Crippen LogP contribution in [0.25, 0.3) is 0 Å². The Balaban J connectivity index is 1.44. The molecule has 23 heavy (non-hydrogen) atoms. The van der Waals surface area contributed by atoms with Gasteiger partial charge in [0, 0.05) is 56.6 Å². The van der Waals surface area contributed by atoms with Crippen LogP contribution in [-0.2, 0) is 4.79 Å². The molecule has 0 bridgehead atoms. The van der Waals surface area contributed by atoms with Gasteiger partial charge in [-0.1, -0.05) is 0 Å². The first kappa shape index (κ1) is 17.9. The third kappa shape index (κ3) is 7.11. The summed E-state index contributed by atoms with van der Waals surface area (Å²) in [5.74, 6) is -0.00206. The van der Waals surface area contributed by atoms with Gasteiger partial charge in [-0.05, 0) is 30.8 Å². The van der Waals surface area contributed by atoms with Gasteiger partial charge in [-0.15, -0.1) is 0 Å². The van der Waals surface area contributed by atoms with E-state index in [2.05, 4.69) is 20.9 Å². The van der Waals surface area contributed by atoms with Crippen molar-refractivity contribution in [2.45, 2.75) is 19.3 Å².